The molecule has 1 aliphatic rings. The summed E-state index contributed by atoms with van der Waals surface area (Å²) in [5, 5.41) is 19.3. The molecule has 0 saturated carbocycles. The summed E-state index contributed by atoms with van der Waals surface area (Å²) in [7, 11) is 0. The Kier molecular flexibility index (Phi) is 7.84. The molecule has 6 nitrogen and oxygen atoms in total. The number of hydrogen-bond acceptors (Lipinski definition) is 6. The summed E-state index contributed by atoms with van der Waals surface area (Å²) in [5.41, 5.74) is 1.06. The molecule has 3 rings (SSSR count). The molecule has 0 amide bonds. The molecule has 0 radical (unpaired) electrons. The van der Waals surface area contributed by atoms with Crippen LogP contribution in [0.3, 0.4) is 0 Å². The Morgan fingerprint density at radius 1 is 1.39 bits per heavy atom. The fourth-order valence-corrected chi connectivity index (χ4v) is 4.96. The molecule has 1 unspecified atom stereocenters. The average molecular weight is 423 g/mol. The van der Waals surface area contributed by atoms with Crippen LogP contribution in [0.4, 0.5) is 0 Å². The predicted molar refractivity (Wildman–Crippen MR) is 117 cm³/mol. The number of guanidine groups is 1. The molecule has 1 saturated heterocycles. The number of nitrogens with zero attached hydrogens (tertiary/aromatic N) is 2. The van der Waals surface area contributed by atoms with Crippen LogP contribution in [0.25, 0.3) is 10.6 Å². The number of aromatic nitrogens is 1. The van der Waals surface area contributed by atoms with Gasteiger partial charge in [-0.3, -0.25) is 4.99 Å². The summed E-state index contributed by atoms with van der Waals surface area (Å²) in [5.74, 6) is 0.832. The van der Waals surface area contributed by atoms with Crippen molar-refractivity contribution in [2.24, 2.45) is 10.4 Å². The molecule has 0 bridgehead atoms. The maximum absolute atomic E-state index is 9.38. The van der Waals surface area contributed by atoms with Crippen LogP contribution in [0, 0.1) is 12.3 Å². The number of aliphatic hydroxyl groups excluding tert-OH is 1. The molecule has 0 spiro atoms. The third kappa shape index (κ3) is 5.76. The van der Waals surface area contributed by atoms with Gasteiger partial charge in [-0.1, -0.05) is 0 Å². The lowest BCUT2D eigenvalue weighted by Gasteiger charge is -2.24. The predicted octanol–water partition coefficient (Wildman–Crippen LogP) is 3.07. The first-order chi connectivity index (χ1) is 13.6. The van der Waals surface area contributed by atoms with Crippen molar-refractivity contribution in [2.75, 3.05) is 39.5 Å². The van der Waals surface area contributed by atoms with E-state index in [1.807, 2.05) is 6.92 Å². The Bertz CT molecular complexity index is 766. The number of rotatable bonds is 9. The van der Waals surface area contributed by atoms with Crippen LogP contribution < -0.4 is 10.6 Å². The highest BCUT2D eigenvalue weighted by Gasteiger charge is 2.34. The van der Waals surface area contributed by atoms with E-state index in [4.69, 9.17) is 9.73 Å². The van der Waals surface area contributed by atoms with Gasteiger partial charge in [-0.05, 0) is 45.2 Å². The number of aliphatic imine (C=N–C) groups is 1. The Labute approximate surface area is 175 Å². The quantitative estimate of drug-likeness (QED) is 0.428. The molecular weight excluding hydrogens is 392 g/mol. The maximum Gasteiger partial charge on any atom is 0.191 e. The summed E-state index contributed by atoms with van der Waals surface area (Å²) in [6, 6.07) is 4.35. The average Bonchev–Trinajstić information content (AvgIpc) is 3.42. The standard InChI is InChI=1S/C20H30N4O2S2/c1-3-21-19(23-13-20(7-10-25)8-11-26-14-20)22-9-6-16-4-5-18(28-16)17-12-27-15(2)24-17/h4-5,12,25H,3,6-11,13-14H2,1-2H3,(H2,21,22,23). The van der Waals surface area contributed by atoms with Crippen LogP contribution in [0.2, 0.25) is 0 Å². The summed E-state index contributed by atoms with van der Waals surface area (Å²) >= 11 is 3.49. The van der Waals surface area contributed by atoms with Crippen molar-refractivity contribution in [3.05, 3.63) is 27.4 Å². The minimum atomic E-state index is -0.0224. The second-order valence-electron chi connectivity index (χ2n) is 7.17. The van der Waals surface area contributed by atoms with Gasteiger partial charge in [0.15, 0.2) is 5.96 Å². The topological polar surface area (TPSA) is 78.8 Å². The van der Waals surface area contributed by atoms with Gasteiger partial charge in [0.1, 0.15) is 0 Å². The molecule has 3 heterocycles. The number of ether oxygens (including phenoxy) is 1. The first-order valence-electron chi connectivity index (χ1n) is 9.86. The molecule has 1 aliphatic heterocycles. The normalized spacial score (nSPS) is 19.9. The number of aryl methyl sites for hydroxylation is 1. The first kappa shape index (κ1) is 21.2. The molecule has 1 fully saturated rings. The molecule has 3 N–H and O–H groups in total. The van der Waals surface area contributed by atoms with Gasteiger partial charge in [0.05, 0.1) is 28.7 Å². The lowest BCUT2D eigenvalue weighted by molar-refractivity contribution is 0.131. The van der Waals surface area contributed by atoms with Crippen LogP contribution in [0.5, 0.6) is 0 Å². The number of thiophene rings is 1. The number of nitrogens with one attached hydrogen (secondary N) is 2. The highest BCUT2D eigenvalue weighted by atomic mass is 32.1. The van der Waals surface area contributed by atoms with Gasteiger partial charge in [-0.15, -0.1) is 22.7 Å². The highest BCUT2D eigenvalue weighted by molar-refractivity contribution is 7.16. The largest absolute Gasteiger partial charge is 0.396 e. The van der Waals surface area contributed by atoms with E-state index in [0.29, 0.717) is 13.2 Å². The summed E-state index contributed by atoms with van der Waals surface area (Å²) in [6.07, 6.45) is 2.65. The fraction of sp³-hybridized carbons (Fsp3) is 0.600. The Balaban J connectivity index is 1.53. The third-order valence-electron chi connectivity index (χ3n) is 4.94. The van der Waals surface area contributed by atoms with E-state index in [1.165, 1.54) is 9.75 Å². The SMILES string of the molecule is CCNC(=NCC1(CCO)CCOC1)NCCc1ccc(-c2csc(C)n2)s1. The number of aliphatic hydroxyl groups is 1. The molecule has 2 aromatic heterocycles. The zero-order chi connectivity index (χ0) is 19.8. The molecule has 28 heavy (non-hydrogen) atoms. The van der Waals surface area contributed by atoms with Gasteiger partial charge < -0.3 is 20.5 Å². The van der Waals surface area contributed by atoms with Crippen molar-refractivity contribution in [1.29, 1.82) is 0 Å². The monoisotopic (exact) mass is 422 g/mol. The Hall–Kier alpha value is -1.48. The van der Waals surface area contributed by atoms with Gasteiger partial charge in [-0.25, -0.2) is 4.98 Å². The van der Waals surface area contributed by atoms with Crippen molar-refractivity contribution in [3.8, 4) is 10.6 Å². The molecule has 0 aromatic carbocycles. The van der Waals surface area contributed by atoms with Gasteiger partial charge in [0.2, 0.25) is 0 Å². The van der Waals surface area contributed by atoms with Crippen LogP contribution in [-0.4, -0.2) is 55.5 Å². The molecule has 1 atom stereocenters. The third-order valence-corrected chi connectivity index (χ3v) is 6.88. The molecule has 8 heteroatoms. The lowest BCUT2D eigenvalue weighted by Crippen LogP contribution is -2.39. The van der Waals surface area contributed by atoms with Crippen LogP contribution in [-0.2, 0) is 11.2 Å². The van der Waals surface area contributed by atoms with E-state index in [1.54, 1.807) is 22.7 Å². The van der Waals surface area contributed by atoms with Crippen molar-refractivity contribution in [3.63, 3.8) is 0 Å². The van der Waals surface area contributed by atoms with Crippen molar-refractivity contribution in [1.82, 2.24) is 15.6 Å². The van der Waals surface area contributed by atoms with Gasteiger partial charge in [-0.2, -0.15) is 0 Å². The Morgan fingerprint density at radius 2 is 2.29 bits per heavy atom. The molecule has 2 aromatic rings. The van der Waals surface area contributed by atoms with E-state index in [0.717, 1.165) is 55.6 Å². The zero-order valence-corrected chi connectivity index (χ0v) is 18.3. The van der Waals surface area contributed by atoms with E-state index in [-0.39, 0.29) is 12.0 Å². The second kappa shape index (κ2) is 10.3. The van der Waals surface area contributed by atoms with E-state index < -0.39 is 0 Å². The van der Waals surface area contributed by atoms with E-state index in [9.17, 15) is 5.11 Å². The van der Waals surface area contributed by atoms with Crippen LogP contribution in [0.15, 0.2) is 22.5 Å². The molecule has 154 valence electrons. The van der Waals surface area contributed by atoms with E-state index in [2.05, 4.69) is 40.1 Å². The van der Waals surface area contributed by atoms with E-state index >= 15 is 0 Å². The summed E-state index contributed by atoms with van der Waals surface area (Å²) in [6.45, 7) is 8.06. The minimum absolute atomic E-state index is 0.0224. The highest BCUT2D eigenvalue weighted by Crippen LogP contribution is 2.32. The van der Waals surface area contributed by atoms with Gasteiger partial charge in [0.25, 0.3) is 0 Å². The second-order valence-corrected chi connectivity index (χ2v) is 9.40. The molecular formula is C20H30N4O2S2. The first-order valence-corrected chi connectivity index (χ1v) is 11.6. The summed E-state index contributed by atoms with van der Waals surface area (Å²) in [4.78, 5) is 11.9. The van der Waals surface area contributed by atoms with Crippen LogP contribution >= 0.6 is 22.7 Å². The summed E-state index contributed by atoms with van der Waals surface area (Å²) < 4.78 is 5.56. The fourth-order valence-electron chi connectivity index (χ4n) is 3.31. The van der Waals surface area contributed by atoms with Crippen molar-refractivity contribution >= 4 is 28.6 Å². The van der Waals surface area contributed by atoms with Crippen LogP contribution in [0.1, 0.15) is 29.7 Å². The number of thiazole rings is 1. The lowest BCUT2D eigenvalue weighted by atomic mass is 9.84. The zero-order valence-electron chi connectivity index (χ0n) is 16.7. The van der Waals surface area contributed by atoms with Gasteiger partial charge >= 0.3 is 0 Å². The molecule has 0 aliphatic carbocycles. The van der Waals surface area contributed by atoms with Crippen molar-refractivity contribution < 1.29 is 9.84 Å². The minimum Gasteiger partial charge on any atom is -0.396 e. The maximum atomic E-state index is 9.38. The Morgan fingerprint density at radius 3 is 2.96 bits per heavy atom. The smallest absolute Gasteiger partial charge is 0.191 e. The van der Waals surface area contributed by atoms with Gasteiger partial charge in [0, 0.05) is 42.0 Å². The number of hydrogen-bond donors (Lipinski definition) is 3. The van der Waals surface area contributed by atoms with Crippen molar-refractivity contribution in [2.45, 2.75) is 33.1 Å².